The van der Waals surface area contributed by atoms with Gasteiger partial charge in [-0.2, -0.15) is 0 Å². The number of hydrogen-bond donors (Lipinski definition) is 2. The van der Waals surface area contributed by atoms with Gasteiger partial charge in [-0.1, -0.05) is 6.07 Å². The molecular weight excluding hydrogens is 236 g/mol. The smallest absolute Gasteiger partial charge is 0.338 e. The van der Waals surface area contributed by atoms with Crippen LogP contribution in [0.25, 0.3) is 0 Å². The average Bonchev–Trinajstić information content (AvgIpc) is 2.35. The summed E-state index contributed by atoms with van der Waals surface area (Å²) in [4.78, 5) is 33.4. The molecule has 18 heavy (non-hydrogen) atoms. The molecule has 1 aromatic carbocycles. The lowest BCUT2D eigenvalue weighted by Crippen LogP contribution is -2.25. The Morgan fingerprint density at radius 2 is 2.00 bits per heavy atom. The van der Waals surface area contributed by atoms with E-state index in [4.69, 9.17) is 4.74 Å². The van der Waals surface area contributed by atoms with Gasteiger partial charge in [0.05, 0.1) is 5.56 Å². The van der Waals surface area contributed by atoms with Crippen molar-refractivity contribution in [1.29, 1.82) is 0 Å². The second-order valence-electron chi connectivity index (χ2n) is 3.51. The van der Waals surface area contributed by atoms with Gasteiger partial charge in [0.1, 0.15) is 0 Å². The average molecular weight is 250 g/mol. The number of nitrogens with one attached hydrogen (secondary N) is 2. The van der Waals surface area contributed by atoms with Crippen LogP contribution in [0, 0.1) is 0 Å². The lowest BCUT2D eigenvalue weighted by molar-refractivity contribution is -0.123. The van der Waals surface area contributed by atoms with Crippen molar-refractivity contribution in [3.8, 4) is 0 Å². The fourth-order valence-electron chi connectivity index (χ4n) is 1.21. The molecule has 1 rings (SSSR count). The van der Waals surface area contributed by atoms with Crippen molar-refractivity contribution in [2.45, 2.75) is 6.92 Å². The lowest BCUT2D eigenvalue weighted by Gasteiger charge is -2.06. The highest BCUT2D eigenvalue weighted by molar-refractivity contribution is 5.94. The molecule has 0 aromatic heterocycles. The third-order valence-electron chi connectivity index (χ3n) is 2.03. The highest BCUT2D eigenvalue weighted by Gasteiger charge is 2.10. The highest BCUT2D eigenvalue weighted by atomic mass is 16.5. The SMILES string of the molecule is CNC(=O)COC(=O)c1cccc(NC(C)=O)c1. The summed E-state index contributed by atoms with van der Waals surface area (Å²) >= 11 is 0. The van der Waals surface area contributed by atoms with E-state index in [1.54, 1.807) is 12.1 Å². The third-order valence-corrected chi connectivity index (χ3v) is 2.03. The van der Waals surface area contributed by atoms with Crippen LogP contribution in [-0.2, 0) is 14.3 Å². The van der Waals surface area contributed by atoms with Crippen LogP contribution in [0.4, 0.5) is 5.69 Å². The van der Waals surface area contributed by atoms with Crippen molar-refractivity contribution in [1.82, 2.24) is 5.32 Å². The summed E-state index contributed by atoms with van der Waals surface area (Å²) in [5.41, 5.74) is 0.766. The van der Waals surface area contributed by atoms with Crippen molar-refractivity contribution >= 4 is 23.5 Å². The Morgan fingerprint density at radius 3 is 2.61 bits per heavy atom. The fourth-order valence-corrected chi connectivity index (χ4v) is 1.21. The molecule has 6 nitrogen and oxygen atoms in total. The summed E-state index contributed by atoms with van der Waals surface area (Å²) in [7, 11) is 1.45. The normalized spacial score (nSPS) is 9.44. The second kappa shape index (κ2) is 6.39. The Hall–Kier alpha value is -2.37. The minimum absolute atomic E-state index is 0.231. The van der Waals surface area contributed by atoms with Crippen LogP contribution in [0.1, 0.15) is 17.3 Å². The minimum atomic E-state index is -0.620. The van der Waals surface area contributed by atoms with E-state index >= 15 is 0 Å². The number of hydrogen-bond acceptors (Lipinski definition) is 4. The summed E-state index contributed by atoms with van der Waals surface area (Å²) in [6, 6.07) is 6.28. The molecule has 0 saturated carbocycles. The Labute approximate surface area is 104 Å². The Bertz CT molecular complexity index is 471. The Morgan fingerprint density at radius 1 is 1.28 bits per heavy atom. The van der Waals surface area contributed by atoms with Crippen LogP contribution in [0.3, 0.4) is 0 Å². The zero-order valence-electron chi connectivity index (χ0n) is 10.1. The van der Waals surface area contributed by atoms with E-state index in [0.717, 1.165) is 0 Å². The van der Waals surface area contributed by atoms with Gasteiger partial charge in [0.15, 0.2) is 6.61 Å². The molecule has 0 atom stereocenters. The first kappa shape index (κ1) is 13.7. The molecule has 0 aliphatic heterocycles. The molecule has 1 aromatic rings. The van der Waals surface area contributed by atoms with Crippen LogP contribution in [0.2, 0.25) is 0 Å². The van der Waals surface area contributed by atoms with Crippen LogP contribution in [0.5, 0.6) is 0 Å². The van der Waals surface area contributed by atoms with Gasteiger partial charge in [0.25, 0.3) is 5.91 Å². The van der Waals surface area contributed by atoms with Crippen LogP contribution in [0.15, 0.2) is 24.3 Å². The number of esters is 1. The van der Waals surface area contributed by atoms with Crippen LogP contribution < -0.4 is 10.6 Å². The van der Waals surface area contributed by atoms with Gasteiger partial charge in [0, 0.05) is 19.7 Å². The second-order valence-corrected chi connectivity index (χ2v) is 3.51. The van der Waals surface area contributed by atoms with Crippen molar-refractivity contribution in [2.24, 2.45) is 0 Å². The number of carbonyl (C=O) groups is 3. The molecule has 6 heteroatoms. The maximum Gasteiger partial charge on any atom is 0.338 e. The first-order valence-electron chi connectivity index (χ1n) is 5.28. The van der Waals surface area contributed by atoms with Gasteiger partial charge in [0.2, 0.25) is 5.91 Å². The van der Waals surface area contributed by atoms with Crippen molar-refractivity contribution in [3.63, 3.8) is 0 Å². The molecule has 0 aliphatic rings. The van der Waals surface area contributed by atoms with E-state index in [0.29, 0.717) is 5.69 Å². The fraction of sp³-hybridized carbons (Fsp3) is 0.250. The van der Waals surface area contributed by atoms with E-state index in [1.807, 2.05) is 0 Å². The first-order valence-corrected chi connectivity index (χ1v) is 5.28. The van der Waals surface area contributed by atoms with Gasteiger partial charge >= 0.3 is 5.97 Å². The molecule has 2 amide bonds. The molecule has 0 saturated heterocycles. The maximum atomic E-state index is 11.6. The molecule has 0 fully saturated rings. The van der Waals surface area contributed by atoms with Gasteiger partial charge in [-0.15, -0.1) is 0 Å². The van der Waals surface area contributed by atoms with E-state index in [9.17, 15) is 14.4 Å². The largest absolute Gasteiger partial charge is 0.452 e. The number of likely N-dealkylation sites (N-methyl/N-ethyl adjacent to an activating group) is 1. The van der Waals surface area contributed by atoms with Crippen LogP contribution >= 0.6 is 0 Å². The van der Waals surface area contributed by atoms with E-state index in [2.05, 4.69) is 10.6 Å². The molecule has 0 unspecified atom stereocenters. The summed E-state index contributed by atoms with van der Waals surface area (Å²) in [6.45, 7) is 1.04. The third kappa shape index (κ3) is 4.25. The topological polar surface area (TPSA) is 84.5 Å². The minimum Gasteiger partial charge on any atom is -0.452 e. The van der Waals surface area contributed by atoms with E-state index < -0.39 is 5.97 Å². The summed E-state index contributed by atoms with van der Waals surface area (Å²) < 4.78 is 4.78. The number of carbonyl (C=O) groups excluding carboxylic acids is 3. The predicted octanol–water partition coefficient (Wildman–Crippen LogP) is 0.548. The number of amides is 2. The van der Waals surface area contributed by atoms with Gasteiger partial charge in [-0.05, 0) is 18.2 Å². The number of rotatable bonds is 4. The van der Waals surface area contributed by atoms with Crippen molar-refractivity contribution in [2.75, 3.05) is 19.0 Å². The molecule has 0 heterocycles. The first-order chi connectivity index (χ1) is 8.52. The molecule has 0 radical (unpaired) electrons. The van der Waals surface area contributed by atoms with E-state index in [1.165, 1.54) is 26.1 Å². The lowest BCUT2D eigenvalue weighted by atomic mass is 10.2. The number of ether oxygens (including phenoxy) is 1. The summed E-state index contributed by atoms with van der Waals surface area (Å²) in [5.74, 6) is -1.24. The van der Waals surface area contributed by atoms with Crippen LogP contribution in [-0.4, -0.2) is 31.4 Å². The zero-order valence-corrected chi connectivity index (χ0v) is 10.1. The molecule has 0 bridgehead atoms. The van der Waals surface area contributed by atoms with Crippen molar-refractivity contribution in [3.05, 3.63) is 29.8 Å². The highest BCUT2D eigenvalue weighted by Crippen LogP contribution is 2.11. The standard InChI is InChI=1S/C12H14N2O4/c1-8(15)14-10-5-3-4-9(6-10)12(17)18-7-11(16)13-2/h3-6H,7H2,1-2H3,(H,13,16)(H,14,15). The van der Waals surface area contributed by atoms with Gasteiger partial charge in [-0.3, -0.25) is 9.59 Å². The summed E-state index contributed by atoms with van der Waals surface area (Å²) in [6.07, 6.45) is 0. The molecule has 2 N–H and O–H groups in total. The zero-order chi connectivity index (χ0) is 13.5. The predicted molar refractivity (Wildman–Crippen MR) is 65.1 cm³/mol. The quantitative estimate of drug-likeness (QED) is 0.764. The van der Waals surface area contributed by atoms with Gasteiger partial charge in [-0.25, -0.2) is 4.79 Å². The molecular formula is C12H14N2O4. The van der Waals surface area contributed by atoms with E-state index in [-0.39, 0.29) is 24.0 Å². The number of anilines is 1. The van der Waals surface area contributed by atoms with Crippen molar-refractivity contribution < 1.29 is 19.1 Å². The molecule has 0 spiro atoms. The Kier molecular flexibility index (Phi) is 4.86. The number of benzene rings is 1. The molecule has 0 aliphatic carbocycles. The molecule has 96 valence electrons. The monoisotopic (exact) mass is 250 g/mol. The van der Waals surface area contributed by atoms with Gasteiger partial charge < -0.3 is 15.4 Å². The summed E-state index contributed by atoms with van der Waals surface area (Å²) in [5, 5.41) is 4.89. The maximum absolute atomic E-state index is 11.6. The Balaban J connectivity index is 2.68.